The van der Waals surface area contributed by atoms with Gasteiger partial charge in [0.2, 0.25) is 0 Å². The molecule has 6 N–H and O–H groups in total. The molecule has 37 heavy (non-hydrogen) atoms. The van der Waals surface area contributed by atoms with Gasteiger partial charge in [-0.25, -0.2) is 4.98 Å². The molecule has 10 heteroatoms. The van der Waals surface area contributed by atoms with Crippen LogP contribution in [0, 0.1) is 12.3 Å². The van der Waals surface area contributed by atoms with Crippen LogP contribution in [0.2, 0.25) is 0 Å². The lowest BCUT2D eigenvalue weighted by Crippen LogP contribution is -2.45. The first kappa shape index (κ1) is 27.0. The number of aromatic nitrogens is 1. The van der Waals surface area contributed by atoms with Gasteiger partial charge in [0.1, 0.15) is 17.6 Å². The Bertz CT molecular complexity index is 1260. The van der Waals surface area contributed by atoms with E-state index >= 15 is 0 Å². The SMILES string of the molecule is CCOc1cc(C(Nc2ccc(C(=N)N)cc2)C(=O)NNC(=O)c2cccc(C)n2)ccc1OC(C)C. The monoisotopic (exact) mass is 504 g/mol. The number of nitrogens with zero attached hydrogens (tertiary/aromatic N) is 1. The van der Waals surface area contributed by atoms with Gasteiger partial charge in [0.25, 0.3) is 11.8 Å². The molecule has 2 aromatic carbocycles. The van der Waals surface area contributed by atoms with E-state index in [1.807, 2.05) is 20.8 Å². The van der Waals surface area contributed by atoms with Crippen LogP contribution in [0.5, 0.6) is 11.5 Å². The van der Waals surface area contributed by atoms with Crippen molar-refractivity contribution >= 4 is 23.3 Å². The van der Waals surface area contributed by atoms with Gasteiger partial charge in [-0.3, -0.25) is 25.8 Å². The standard InChI is InChI=1S/C27H32N6O4/c1-5-36-23-15-19(11-14-22(23)37-16(2)3)24(31-20-12-9-18(10-13-20)25(28)29)27(35)33-32-26(34)21-8-6-7-17(4)30-21/h6-16,24,31H,5H2,1-4H3,(H3,28,29)(H,32,34)(H,33,35). The minimum atomic E-state index is -0.916. The van der Waals surface area contributed by atoms with E-state index in [4.69, 9.17) is 20.6 Å². The fourth-order valence-electron chi connectivity index (χ4n) is 3.46. The molecule has 0 aliphatic carbocycles. The molecule has 0 radical (unpaired) electrons. The quantitative estimate of drug-likeness (QED) is 0.161. The summed E-state index contributed by atoms with van der Waals surface area (Å²) in [7, 11) is 0. The van der Waals surface area contributed by atoms with Crippen molar-refractivity contribution in [2.45, 2.75) is 39.8 Å². The number of rotatable bonds is 10. The first-order valence-electron chi connectivity index (χ1n) is 11.9. The molecular formula is C27H32N6O4. The number of benzene rings is 2. The number of ether oxygens (including phenoxy) is 2. The van der Waals surface area contributed by atoms with Crippen LogP contribution in [0.4, 0.5) is 5.69 Å². The van der Waals surface area contributed by atoms with Gasteiger partial charge in [-0.2, -0.15) is 0 Å². The Kier molecular flexibility index (Phi) is 9.04. The van der Waals surface area contributed by atoms with Gasteiger partial charge >= 0.3 is 0 Å². The molecule has 0 spiro atoms. The number of pyridine rings is 1. The average molecular weight is 505 g/mol. The Hall–Kier alpha value is -4.60. The smallest absolute Gasteiger partial charge is 0.288 e. The van der Waals surface area contributed by atoms with E-state index in [2.05, 4.69) is 21.2 Å². The zero-order valence-corrected chi connectivity index (χ0v) is 21.3. The normalized spacial score (nSPS) is 11.4. The molecule has 3 rings (SSSR count). The minimum absolute atomic E-state index is 0.0598. The van der Waals surface area contributed by atoms with Gasteiger partial charge < -0.3 is 20.5 Å². The molecule has 1 heterocycles. The molecule has 0 aliphatic rings. The molecule has 1 atom stereocenters. The third-order valence-electron chi connectivity index (χ3n) is 5.15. The van der Waals surface area contributed by atoms with Crippen molar-refractivity contribution in [1.82, 2.24) is 15.8 Å². The van der Waals surface area contributed by atoms with E-state index in [0.29, 0.717) is 40.6 Å². The lowest BCUT2D eigenvalue weighted by atomic mass is 10.0. The maximum absolute atomic E-state index is 13.3. The third-order valence-corrected chi connectivity index (χ3v) is 5.15. The van der Waals surface area contributed by atoms with E-state index < -0.39 is 17.9 Å². The summed E-state index contributed by atoms with van der Waals surface area (Å²) >= 11 is 0. The van der Waals surface area contributed by atoms with Gasteiger partial charge in [0.15, 0.2) is 11.5 Å². The number of hydrogen-bond donors (Lipinski definition) is 5. The summed E-state index contributed by atoms with van der Waals surface area (Å²) in [5, 5.41) is 10.8. The molecule has 0 saturated heterocycles. The zero-order chi connectivity index (χ0) is 26.9. The number of carbonyl (C=O) groups is 2. The van der Waals surface area contributed by atoms with Crippen LogP contribution in [0.3, 0.4) is 0 Å². The van der Waals surface area contributed by atoms with Crippen LogP contribution in [0.15, 0.2) is 60.7 Å². The average Bonchev–Trinajstić information content (AvgIpc) is 2.87. The molecule has 0 bridgehead atoms. The lowest BCUT2D eigenvalue weighted by molar-refractivity contribution is -0.122. The highest BCUT2D eigenvalue weighted by atomic mass is 16.5. The highest BCUT2D eigenvalue weighted by Gasteiger charge is 2.24. The maximum atomic E-state index is 13.3. The Balaban J connectivity index is 1.89. The van der Waals surface area contributed by atoms with Crippen LogP contribution >= 0.6 is 0 Å². The van der Waals surface area contributed by atoms with Crippen LogP contribution in [0.1, 0.15) is 54.1 Å². The summed E-state index contributed by atoms with van der Waals surface area (Å²) < 4.78 is 11.6. The lowest BCUT2D eigenvalue weighted by Gasteiger charge is -2.22. The van der Waals surface area contributed by atoms with Gasteiger partial charge in [0, 0.05) is 16.9 Å². The molecule has 1 unspecified atom stereocenters. The first-order chi connectivity index (χ1) is 17.7. The fourth-order valence-corrected chi connectivity index (χ4v) is 3.46. The van der Waals surface area contributed by atoms with Crippen LogP contribution in [-0.4, -0.2) is 35.3 Å². The second-order valence-electron chi connectivity index (χ2n) is 8.48. The van der Waals surface area contributed by atoms with Crippen LogP contribution < -0.4 is 31.4 Å². The summed E-state index contributed by atoms with van der Waals surface area (Å²) in [6, 6.07) is 16.1. The Morgan fingerprint density at radius 1 is 1.03 bits per heavy atom. The Labute approximate surface area is 216 Å². The molecule has 0 aliphatic heterocycles. The van der Waals surface area contributed by atoms with E-state index in [1.165, 1.54) is 0 Å². The summed E-state index contributed by atoms with van der Waals surface area (Å²) in [5.74, 6) is -0.0676. The van der Waals surface area contributed by atoms with Gasteiger partial charge in [0.05, 0.1) is 12.7 Å². The van der Waals surface area contributed by atoms with Crippen molar-refractivity contribution in [3.63, 3.8) is 0 Å². The topological polar surface area (TPSA) is 151 Å². The molecule has 2 amide bonds. The van der Waals surface area contributed by atoms with E-state index in [-0.39, 0.29) is 17.6 Å². The summed E-state index contributed by atoms with van der Waals surface area (Å²) in [6.07, 6.45) is -0.0625. The maximum Gasteiger partial charge on any atom is 0.288 e. The van der Waals surface area contributed by atoms with Crippen molar-refractivity contribution in [2.75, 3.05) is 11.9 Å². The number of carbonyl (C=O) groups excluding carboxylic acids is 2. The van der Waals surface area contributed by atoms with Gasteiger partial charge in [-0.15, -0.1) is 0 Å². The van der Waals surface area contributed by atoms with Crippen molar-refractivity contribution in [3.05, 3.63) is 83.2 Å². The minimum Gasteiger partial charge on any atom is -0.490 e. The largest absolute Gasteiger partial charge is 0.490 e. The van der Waals surface area contributed by atoms with Crippen molar-refractivity contribution in [2.24, 2.45) is 5.73 Å². The Morgan fingerprint density at radius 2 is 1.76 bits per heavy atom. The fraction of sp³-hybridized carbons (Fsp3) is 0.259. The van der Waals surface area contributed by atoms with Gasteiger partial charge in [-0.1, -0.05) is 12.1 Å². The highest BCUT2D eigenvalue weighted by molar-refractivity contribution is 5.96. The first-order valence-corrected chi connectivity index (χ1v) is 11.9. The number of nitrogens with one attached hydrogen (secondary N) is 4. The van der Waals surface area contributed by atoms with Gasteiger partial charge in [-0.05, 0) is 81.8 Å². The molecule has 10 nitrogen and oxygen atoms in total. The number of hydrazine groups is 1. The van der Waals surface area contributed by atoms with Crippen molar-refractivity contribution in [1.29, 1.82) is 5.41 Å². The zero-order valence-electron chi connectivity index (χ0n) is 21.3. The summed E-state index contributed by atoms with van der Waals surface area (Å²) in [5.41, 5.74) is 13.1. The van der Waals surface area contributed by atoms with Crippen molar-refractivity contribution < 1.29 is 19.1 Å². The predicted molar refractivity (Wildman–Crippen MR) is 142 cm³/mol. The van der Waals surface area contributed by atoms with Crippen molar-refractivity contribution in [3.8, 4) is 11.5 Å². The second kappa shape index (κ2) is 12.4. The number of amidine groups is 1. The number of amides is 2. The number of aryl methyl sites for hydroxylation is 1. The molecule has 194 valence electrons. The number of nitrogen functional groups attached to an aromatic ring is 1. The van der Waals surface area contributed by atoms with E-state index in [1.54, 1.807) is 67.6 Å². The summed E-state index contributed by atoms with van der Waals surface area (Å²) in [4.78, 5) is 30.0. The Morgan fingerprint density at radius 3 is 2.38 bits per heavy atom. The highest BCUT2D eigenvalue weighted by Crippen LogP contribution is 2.32. The molecule has 0 saturated carbocycles. The second-order valence-corrected chi connectivity index (χ2v) is 8.48. The predicted octanol–water partition coefficient (Wildman–Crippen LogP) is 3.47. The van der Waals surface area contributed by atoms with Crippen LogP contribution in [0.25, 0.3) is 0 Å². The molecule has 1 aromatic heterocycles. The molecular weight excluding hydrogens is 472 g/mol. The van der Waals surface area contributed by atoms with Crippen LogP contribution in [-0.2, 0) is 4.79 Å². The number of hydrogen-bond acceptors (Lipinski definition) is 7. The third kappa shape index (κ3) is 7.44. The van der Waals surface area contributed by atoms with E-state index in [0.717, 1.165) is 0 Å². The van der Waals surface area contributed by atoms with E-state index in [9.17, 15) is 9.59 Å². The molecule has 3 aromatic rings. The molecule has 0 fully saturated rings. The number of nitrogens with two attached hydrogens (primary N) is 1. The number of anilines is 1. The summed E-state index contributed by atoms with van der Waals surface area (Å²) in [6.45, 7) is 7.87.